The predicted molar refractivity (Wildman–Crippen MR) is 69.6 cm³/mol. The first-order chi connectivity index (χ1) is 8.10. The summed E-state index contributed by atoms with van der Waals surface area (Å²) in [5.74, 6) is 0.209. The lowest BCUT2D eigenvalue weighted by atomic mass is 10.2. The predicted octanol–water partition coefficient (Wildman–Crippen LogP) is 3.14. The van der Waals surface area contributed by atoms with E-state index in [9.17, 15) is 4.57 Å². The second-order valence-electron chi connectivity index (χ2n) is 3.53. The molecule has 1 aromatic rings. The van der Waals surface area contributed by atoms with Crippen LogP contribution in [0.3, 0.4) is 0 Å². The minimum absolute atomic E-state index is 0.209. The van der Waals surface area contributed by atoms with Gasteiger partial charge >= 0.3 is 8.25 Å². The van der Waals surface area contributed by atoms with Crippen molar-refractivity contribution in [3.8, 4) is 5.75 Å². The van der Waals surface area contributed by atoms with Gasteiger partial charge in [0.15, 0.2) is 0 Å². The summed E-state index contributed by atoms with van der Waals surface area (Å²) in [6.45, 7) is 4.58. The van der Waals surface area contributed by atoms with Gasteiger partial charge in [-0.2, -0.15) is 0 Å². The van der Waals surface area contributed by atoms with Crippen molar-refractivity contribution < 1.29 is 19.1 Å². The van der Waals surface area contributed by atoms with Gasteiger partial charge in [0.25, 0.3) is 0 Å². The van der Waals surface area contributed by atoms with Crippen molar-refractivity contribution >= 4 is 8.25 Å². The van der Waals surface area contributed by atoms with Gasteiger partial charge in [-0.25, -0.2) is 0 Å². The fourth-order valence-electron chi connectivity index (χ4n) is 0.919. The summed E-state index contributed by atoms with van der Waals surface area (Å²) >= 11 is 0. The summed E-state index contributed by atoms with van der Waals surface area (Å²) in [4.78, 5) is 8.36. The van der Waals surface area contributed by atoms with E-state index in [0.29, 0.717) is 6.42 Å². The second kappa shape index (κ2) is 10.3. The van der Waals surface area contributed by atoms with Crippen molar-refractivity contribution in [2.24, 2.45) is 0 Å². The Bertz CT molecular complexity index is 309. The zero-order valence-corrected chi connectivity index (χ0v) is 11.3. The number of hydrogen-bond donors (Lipinski definition) is 2. The molecule has 0 radical (unpaired) electrons. The maximum Gasteiger partial charge on any atom is 0.316 e. The first kappa shape index (κ1) is 16.2. The van der Waals surface area contributed by atoms with Crippen molar-refractivity contribution in [3.05, 3.63) is 29.8 Å². The SMILES string of the molecule is CCCC.O=[PH](O)OCCc1ccc(O)cc1. The summed E-state index contributed by atoms with van der Waals surface area (Å²) in [6.07, 6.45) is 3.21. The molecule has 17 heavy (non-hydrogen) atoms. The number of benzene rings is 1. The van der Waals surface area contributed by atoms with E-state index in [1.165, 1.54) is 12.8 Å². The van der Waals surface area contributed by atoms with Crippen LogP contribution in [0.25, 0.3) is 0 Å². The fraction of sp³-hybridized carbons (Fsp3) is 0.500. The van der Waals surface area contributed by atoms with Crippen LogP contribution in [0, 0.1) is 0 Å². The van der Waals surface area contributed by atoms with E-state index in [0.717, 1.165) is 5.56 Å². The Labute approximate surface area is 103 Å². The number of rotatable bonds is 5. The summed E-state index contributed by atoms with van der Waals surface area (Å²) < 4.78 is 14.7. The third-order valence-corrected chi connectivity index (χ3v) is 2.50. The van der Waals surface area contributed by atoms with Crippen LogP contribution in [0.2, 0.25) is 0 Å². The molecular weight excluding hydrogens is 239 g/mol. The zero-order valence-electron chi connectivity index (χ0n) is 10.3. The molecule has 98 valence electrons. The standard InChI is InChI=1S/C8H11O4P.C4H10/c9-8-3-1-7(2-4-8)5-6-12-13(10)11;1-3-4-2/h1-4,9,13H,5-6H2,(H,10,11);3-4H2,1-2H3. The Hall–Kier alpha value is -0.830. The Morgan fingerprint density at radius 1 is 1.18 bits per heavy atom. The van der Waals surface area contributed by atoms with Crippen LogP contribution in [0.5, 0.6) is 5.75 Å². The molecule has 1 aromatic carbocycles. The van der Waals surface area contributed by atoms with Gasteiger partial charge in [-0.3, -0.25) is 4.57 Å². The normalized spacial score (nSPS) is 11.5. The Morgan fingerprint density at radius 2 is 1.71 bits per heavy atom. The maximum atomic E-state index is 10.2. The van der Waals surface area contributed by atoms with E-state index in [4.69, 9.17) is 10.00 Å². The van der Waals surface area contributed by atoms with E-state index in [2.05, 4.69) is 18.4 Å². The zero-order chi connectivity index (χ0) is 13.1. The molecule has 2 N–H and O–H groups in total. The molecule has 0 aromatic heterocycles. The first-order valence-electron chi connectivity index (χ1n) is 5.73. The lowest BCUT2D eigenvalue weighted by Gasteiger charge is -2.00. The lowest BCUT2D eigenvalue weighted by molar-refractivity contribution is 0.285. The molecule has 0 saturated heterocycles. The van der Waals surface area contributed by atoms with E-state index in [1.54, 1.807) is 24.3 Å². The van der Waals surface area contributed by atoms with Crippen molar-refractivity contribution in [2.75, 3.05) is 6.61 Å². The van der Waals surface area contributed by atoms with Gasteiger partial charge in [-0.05, 0) is 24.1 Å². The van der Waals surface area contributed by atoms with Gasteiger partial charge in [0.1, 0.15) is 5.75 Å². The van der Waals surface area contributed by atoms with Crippen LogP contribution in [0.15, 0.2) is 24.3 Å². The van der Waals surface area contributed by atoms with E-state index in [1.807, 2.05) is 0 Å². The second-order valence-corrected chi connectivity index (χ2v) is 4.35. The highest BCUT2D eigenvalue weighted by Crippen LogP contribution is 2.15. The molecule has 0 fully saturated rings. The molecule has 0 amide bonds. The average molecular weight is 260 g/mol. The molecule has 0 bridgehead atoms. The van der Waals surface area contributed by atoms with Gasteiger partial charge < -0.3 is 14.5 Å². The molecule has 0 heterocycles. The molecular formula is C12H21O4P. The summed E-state index contributed by atoms with van der Waals surface area (Å²) in [5, 5.41) is 8.95. The van der Waals surface area contributed by atoms with Crippen LogP contribution in [0.4, 0.5) is 0 Å². The van der Waals surface area contributed by atoms with Crippen LogP contribution in [0.1, 0.15) is 32.3 Å². The molecule has 1 unspecified atom stereocenters. The van der Waals surface area contributed by atoms with Gasteiger partial charge in [0.2, 0.25) is 0 Å². The third-order valence-electron chi connectivity index (χ3n) is 2.05. The number of phenols is 1. The number of aromatic hydroxyl groups is 1. The molecule has 0 aliphatic heterocycles. The molecule has 5 heteroatoms. The summed E-state index contributed by atoms with van der Waals surface area (Å²) in [5.41, 5.74) is 0.959. The van der Waals surface area contributed by atoms with Crippen molar-refractivity contribution in [2.45, 2.75) is 33.1 Å². The highest BCUT2D eigenvalue weighted by molar-refractivity contribution is 7.32. The average Bonchev–Trinajstić information content (AvgIpc) is 2.32. The van der Waals surface area contributed by atoms with Gasteiger partial charge in [-0.15, -0.1) is 0 Å². The molecule has 4 nitrogen and oxygen atoms in total. The van der Waals surface area contributed by atoms with Crippen molar-refractivity contribution in [3.63, 3.8) is 0 Å². The first-order valence-corrected chi connectivity index (χ1v) is 7.00. The van der Waals surface area contributed by atoms with Crippen LogP contribution >= 0.6 is 8.25 Å². The number of phenolic OH excluding ortho intramolecular Hbond substituents is 1. The number of hydrogen-bond acceptors (Lipinski definition) is 3. The Kier molecular flexibility index (Phi) is 9.83. The molecule has 1 rings (SSSR count). The minimum Gasteiger partial charge on any atom is -0.508 e. The van der Waals surface area contributed by atoms with E-state index >= 15 is 0 Å². The number of unbranched alkanes of at least 4 members (excludes halogenated alkanes) is 1. The van der Waals surface area contributed by atoms with E-state index in [-0.39, 0.29) is 12.4 Å². The molecule has 0 aliphatic rings. The van der Waals surface area contributed by atoms with E-state index < -0.39 is 8.25 Å². The molecule has 0 spiro atoms. The lowest BCUT2D eigenvalue weighted by Crippen LogP contribution is -1.92. The molecule has 1 atom stereocenters. The highest BCUT2D eigenvalue weighted by Gasteiger charge is 1.95. The monoisotopic (exact) mass is 260 g/mol. The highest BCUT2D eigenvalue weighted by atomic mass is 31.1. The van der Waals surface area contributed by atoms with Gasteiger partial charge in [0.05, 0.1) is 6.61 Å². The summed E-state index contributed by atoms with van der Waals surface area (Å²) in [6, 6.07) is 6.62. The topological polar surface area (TPSA) is 66.8 Å². The van der Waals surface area contributed by atoms with Gasteiger partial charge in [0, 0.05) is 0 Å². The van der Waals surface area contributed by atoms with Crippen LogP contribution in [-0.4, -0.2) is 16.6 Å². The van der Waals surface area contributed by atoms with Crippen LogP contribution < -0.4 is 0 Å². The van der Waals surface area contributed by atoms with Crippen molar-refractivity contribution in [1.82, 2.24) is 0 Å². The largest absolute Gasteiger partial charge is 0.508 e. The maximum absolute atomic E-state index is 10.2. The quantitative estimate of drug-likeness (QED) is 0.798. The summed E-state index contributed by atoms with van der Waals surface area (Å²) in [7, 11) is -2.81. The van der Waals surface area contributed by atoms with Gasteiger partial charge in [-0.1, -0.05) is 38.8 Å². The third kappa shape index (κ3) is 10.1. The van der Waals surface area contributed by atoms with Crippen molar-refractivity contribution in [1.29, 1.82) is 0 Å². The Balaban J connectivity index is 0.000000557. The fourth-order valence-corrected chi connectivity index (χ4v) is 1.20. The smallest absolute Gasteiger partial charge is 0.316 e. The Morgan fingerprint density at radius 3 is 2.12 bits per heavy atom. The molecule has 0 aliphatic carbocycles. The molecule has 0 saturated carbocycles. The van der Waals surface area contributed by atoms with Crippen LogP contribution in [-0.2, 0) is 15.5 Å². The minimum atomic E-state index is -2.81.